The topological polar surface area (TPSA) is 81.0 Å². The third kappa shape index (κ3) is 7.44. The number of aryl methyl sites for hydroxylation is 3. The Morgan fingerprint density at radius 2 is 1.70 bits per heavy atom. The molecule has 1 aliphatic rings. The van der Waals surface area contributed by atoms with Crippen molar-refractivity contribution in [1.82, 2.24) is 9.47 Å². The Labute approximate surface area is 276 Å². The summed E-state index contributed by atoms with van der Waals surface area (Å²) >= 11 is 1.69. The predicted octanol–water partition coefficient (Wildman–Crippen LogP) is 8.81. The second kappa shape index (κ2) is 13.7. The highest BCUT2D eigenvalue weighted by molar-refractivity contribution is 7.98. The van der Waals surface area contributed by atoms with Crippen LogP contribution in [0.2, 0.25) is 0 Å². The van der Waals surface area contributed by atoms with Gasteiger partial charge >= 0.3 is 12.1 Å². The standard InChI is InChI=1S/C38H44N2O5S/c1-8-44-36(42)35-30-21-33(41)29(28-15-17-39(18-16-28)37(43)45-38(5,6)7)20-31(30)40(22-27-12-9-24(2)10-13-27)32(35)23-46-34-14-11-25(3)19-26(34)4/h9-15,19-21,41H,8,16-18,22-23H2,1-7H3. The Morgan fingerprint density at radius 3 is 2.33 bits per heavy atom. The Balaban J connectivity index is 1.61. The number of phenolic OH excluding ortho intramolecular Hbond substituents is 1. The molecule has 0 aliphatic carbocycles. The van der Waals surface area contributed by atoms with Crippen LogP contribution in [-0.4, -0.2) is 51.9 Å². The largest absolute Gasteiger partial charge is 0.507 e. The van der Waals surface area contributed by atoms with Crippen molar-refractivity contribution in [3.05, 3.63) is 99.7 Å². The molecule has 1 N–H and O–H groups in total. The van der Waals surface area contributed by atoms with E-state index < -0.39 is 11.6 Å². The number of thioether (sulfide) groups is 1. The Kier molecular flexibility index (Phi) is 9.87. The molecule has 0 fully saturated rings. The van der Waals surface area contributed by atoms with Crippen molar-refractivity contribution in [3.8, 4) is 5.75 Å². The molecule has 0 saturated carbocycles. The molecule has 4 aromatic rings. The summed E-state index contributed by atoms with van der Waals surface area (Å²) in [5.41, 5.74) is 7.94. The van der Waals surface area contributed by atoms with Crippen LogP contribution in [0.15, 0.2) is 65.6 Å². The molecular weight excluding hydrogens is 596 g/mol. The minimum atomic E-state index is -0.571. The van der Waals surface area contributed by atoms with Crippen molar-refractivity contribution in [2.75, 3.05) is 19.7 Å². The summed E-state index contributed by atoms with van der Waals surface area (Å²) in [4.78, 5) is 29.1. The summed E-state index contributed by atoms with van der Waals surface area (Å²) in [6.07, 6.45) is 2.20. The summed E-state index contributed by atoms with van der Waals surface area (Å²) in [6.45, 7) is 15.3. The summed E-state index contributed by atoms with van der Waals surface area (Å²) in [6, 6.07) is 18.5. The number of amides is 1. The van der Waals surface area contributed by atoms with Crippen LogP contribution in [0.3, 0.4) is 0 Å². The number of carbonyl (C=O) groups is 2. The number of ether oxygens (including phenoxy) is 2. The van der Waals surface area contributed by atoms with Gasteiger partial charge in [-0.1, -0.05) is 53.6 Å². The molecule has 3 aromatic carbocycles. The van der Waals surface area contributed by atoms with E-state index in [-0.39, 0.29) is 18.4 Å². The van der Waals surface area contributed by atoms with E-state index in [9.17, 15) is 14.7 Å². The zero-order valence-corrected chi connectivity index (χ0v) is 28.7. The molecule has 0 unspecified atom stereocenters. The monoisotopic (exact) mass is 640 g/mol. The third-order valence-electron chi connectivity index (χ3n) is 8.13. The van der Waals surface area contributed by atoms with Gasteiger partial charge in [-0.25, -0.2) is 9.59 Å². The van der Waals surface area contributed by atoms with E-state index in [1.807, 2.05) is 32.9 Å². The summed E-state index contributed by atoms with van der Waals surface area (Å²) in [7, 11) is 0. The molecule has 2 heterocycles. The van der Waals surface area contributed by atoms with Crippen molar-refractivity contribution in [1.29, 1.82) is 0 Å². The van der Waals surface area contributed by atoms with E-state index in [0.29, 0.717) is 48.3 Å². The molecule has 0 saturated heterocycles. The van der Waals surface area contributed by atoms with Gasteiger partial charge in [-0.3, -0.25) is 0 Å². The molecule has 5 rings (SSSR count). The smallest absolute Gasteiger partial charge is 0.410 e. The maximum absolute atomic E-state index is 13.6. The SMILES string of the molecule is CCOC(=O)c1c(CSc2ccc(C)cc2C)n(Cc2ccc(C)cc2)c2cc(C3=CCN(C(=O)OC(C)(C)C)CC3)c(O)cc12. The number of fused-ring (bicyclic) bond motifs is 1. The first-order chi connectivity index (χ1) is 21.8. The number of esters is 1. The van der Waals surface area contributed by atoms with Gasteiger partial charge in [0.25, 0.3) is 0 Å². The lowest BCUT2D eigenvalue weighted by atomic mass is 9.97. The number of carbonyl (C=O) groups excluding carboxylic acids is 2. The fraction of sp³-hybridized carbons (Fsp3) is 0.368. The molecule has 7 nitrogen and oxygen atoms in total. The Hall–Kier alpha value is -4.17. The minimum absolute atomic E-state index is 0.0936. The van der Waals surface area contributed by atoms with E-state index in [4.69, 9.17) is 9.47 Å². The Bertz CT molecular complexity index is 1800. The molecule has 0 spiro atoms. The number of hydrogen-bond donors (Lipinski definition) is 1. The average Bonchev–Trinajstić information content (AvgIpc) is 3.28. The van der Waals surface area contributed by atoms with Crippen LogP contribution in [0.4, 0.5) is 4.79 Å². The van der Waals surface area contributed by atoms with E-state index in [0.717, 1.165) is 27.2 Å². The van der Waals surface area contributed by atoms with E-state index >= 15 is 0 Å². The zero-order valence-electron chi connectivity index (χ0n) is 27.9. The maximum atomic E-state index is 13.6. The van der Waals surface area contributed by atoms with Crippen molar-refractivity contribution in [2.24, 2.45) is 0 Å². The molecule has 0 radical (unpaired) electrons. The van der Waals surface area contributed by atoms with Crippen LogP contribution in [0, 0.1) is 20.8 Å². The van der Waals surface area contributed by atoms with Crippen molar-refractivity contribution >= 4 is 40.3 Å². The lowest BCUT2D eigenvalue weighted by Crippen LogP contribution is -2.39. The normalized spacial score (nSPS) is 13.5. The Morgan fingerprint density at radius 1 is 0.978 bits per heavy atom. The summed E-state index contributed by atoms with van der Waals surface area (Å²) in [5.74, 6) is 0.238. The van der Waals surface area contributed by atoms with Gasteiger partial charge in [-0.05, 0) is 89.8 Å². The number of aromatic hydroxyl groups is 1. The van der Waals surface area contributed by atoms with Crippen LogP contribution in [0.5, 0.6) is 5.75 Å². The highest BCUT2D eigenvalue weighted by Gasteiger charge is 2.28. The molecule has 1 amide bonds. The quantitative estimate of drug-likeness (QED) is 0.153. The number of aromatic nitrogens is 1. The van der Waals surface area contributed by atoms with E-state index in [1.165, 1.54) is 16.7 Å². The first-order valence-corrected chi connectivity index (χ1v) is 16.8. The van der Waals surface area contributed by atoms with Crippen molar-refractivity contribution in [2.45, 2.75) is 77.7 Å². The van der Waals surface area contributed by atoms with Gasteiger partial charge in [0.05, 0.1) is 17.7 Å². The van der Waals surface area contributed by atoms with Crippen LogP contribution in [0.1, 0.15) is 78.0 Å². The lowest BCUT2D eigenvalue weighted by Gasteiger charge is -2.29. The van der Waals surface area contributed by atoms with Gasteiger partial charge in [0.2, 0.25) is 0 Å². The average molecular weight is 641 g/mol. The van der Waals surface area contributed by atoms with Crippen molar-refractivity contribution in [3.63, 3.8) is 0 Å². The van der Waals surface area contributed by atoms with Crippen LogP contribution in [0.25, 0.3) is 16.5 Å². The van der Waals surface area contributed by atoms with E-state index in [1.54, 1.807) is 29.7 Å². The molecule has 0 atom stereocenters. The fourth-order valence-electron chi connectivity index (χ4n) is 5.84. The number of hydrogen-bond acceptors (Lipinski definition) is 6. The van der Waals surface area contributed by atoms with Gasteiger partial charge in [0, 0.05) is 46.9 Å². The predicted molar refractivity (Wildman–Crippen MR) is 186 cm³/mol. The second-order valence-electron chi connectivity index (χ2n) is 13.0. The lowest BCUT2D eigenvalue weighted by molar-refractivity contribution is 0.0270. The maximum Gasteiger partial charge on any atom is 0.410 e. The van der Waals surface area contributed by atoms with Crippen molar-refractivity contribution < 1.29 is 24.2 Å². The number of benzene rings is 3. The number of nitrogens with zero attached hydrogens (tertiary/aromatic N) is 2. The summed E-state index contributed by atoms with van der Waals surface area (Å²) in [5, 5.41) is 12.1. The minimum Gasteiger partial charge on any atom is -0.507 e. The van der Waals surface area contributed by atoms with Crippen LogP contribution < -0.4 is 0 Å². The zero-order chi connectivity index (χ0) is 33.2. The first kappa shape index (κ1) is 33.2. The number of rotatable bonds is 8. The van der Waals surface area contributed by atoms with Gasteiger partial charge in [0.1, 0.15) is 11.4 Å². The molecule has 0 bridgehead atoms. The van der Waals surface area contributed by atoms with Crippen LogP contribution in [-0.2, 0) is 21.8 Å². The van der Waals surface area contributed by atoms with Gasteiger partial charge < -0.3 is 24.0 Å². The molecular formula is C38H44N2O5S. The van der Waals surface area contributed by atoms with E-state index in [2.05, 4.69) is 67.8 Å². The summed E-state index contributed by atoms with van der Waals surface area (Å²) < 4.78 is 13.4. The number of phenols is 1. The van der Waals surface area contributed by atoms with Gasteiger partial charge in [-0.15, -0.1) is 11.8 Å². The first-order valence-electron chi connectivity index (χ1n) is 15.8. The fourth-order valence-corrected chi connectivity index (χ4v) is 6.89. The van der Waals surface area contributed by atoms with Gasteiger partial charge in [-0.2, -0.15) is 0 Å². The third-order valence-corrected chi connectivity index (χ3v) is 9.32. The molecule has 242 valence electrons. The second-order valence-corrected chi connectivity index (χ2v) is 14.0. The molecule has 8 heteroatoms. The van der Waals surface area contributed by atoms with Crippen LogP contribution >= 0.6 is 11.8 Å². The molecule has 1 aromatic heterocycles. The highest BCUT2D eigenvalue weighted by Crippen LogP contribution is 2.40. The van der Waals surface area contributed by atoms with Gasteiger partial charge in [0.15, 0.2) is 0 Å². The molecule has 1 aliphatic heterocycles. The highest BCUT2D eigenvalue weighted by atomic mass is 32.2. The molecule has 46 heavy (non-hydrogen) atoms.